The molecule has 5 heteroatoms. The Morgan fingerprint density at radius 1 is 1.64 bits per heavy atom. The molecule has 0 unspecified atom stereocenters. The molecule has 0 aliphatic rings. The van der Waals surface area contributed by atoms with Crippen LogP contribution < -0.4 is 5.32 Å². The van der Waals surface area contributed by atoms with E-state index in [9.17, 15) is 4.79 Å². The highest BCUT2D eigenvalue weighted by Crippen LogP contribution is 2.15. The predicted octanol–water partition coefficient (Wildman–Crippen LogP) is 1.21. The lowest BCUT2D eigenvalue weighted by Crippen LogP contribution is -2.12. The smallest absolute Gasteiger partial charge is 0.183 e. The summed E-state index contributed by atoms with van der Waals surface area (Å²) in [5.74, 6) is 0.120. The van der Waals surface area contributed by atoms with Crippen LogP contribution >= 0.6 is 11.3 Å². The van der Waals surface area contributed by atoms with E-state index >= 15 is 0 Å². The third kappa shape index (κ3) is 3.85. The zero-order valence-electron chi connectivity index (χ0n) is 8.70. The van der Waals surface area contributed by atoms with Crippen molar-refractivity contribution in [1.29, 1.82) is 0 Å². The molecule has 0 aliphatic carbocycles. The van der Waals surface area contributed by atoms with Crippen LogP contribution in [0, 0.1) is 0 Å². The lowest BCUT2D eigenvalue weighted by atomic mass is 10.4. The number of hydrogen-bond donors (Lipinski definition) is 1. The molecular formula is C9H15N3OS. The molecule has 0 atom stereocenters. The Labute approximate surface area is 88.0 Å². The second kappa shape index (κ2) is 5.07. The Morgan fingerprint density at radius 3 is 2.93 bits per heavy atom. The van der Waals surface area contributed by atoms with E-state index in [0.717, 1.165) is 17.4 Å². The van der Waals surface area contributed by atoms with Crippen LogP contribution in [0.1, 0.15) is 12.6 Å². The van der Waals surface area contributed by atoms with Crippen LogP contribution in [0.15, 0.2) is 5.38 Å². The topological polar surface area (TPSA) is 45.2 Å². The Morgan fingerprint density at radius 2 is 2.36 bits per heavy atom. The minimum absolute atomic E-state index is 0.120. The van der Waals surface area contributed by atoms with E-state index in [-0.39, 0.29) is 5.78 Å². The van der Waals surface area contributed by atoms with Gasteiger partial charge in [0.15, 0.2) is 5.13 Å². The molecule has 0 saturated heterocycles. The first-order valence-electron chi connectivity index (χ1n) is 4.40. The van der Waals surface area contributed by atoms with Gasteiger partial charge in [0.05, 0.1) is 12.2 Å². The van der Waals surface area contributed by atoms with Crippen LogP contribution in [0.25, 0.3) is 0 Å². The van der Waals surface area contributed by atoms with Crippen molar-refractivity contribution in [3.05, 3.63) is 11.1 Å². The first-order valence-corrected chi connectivity index (χ1v) is 5.28. The molecule has 0 bridgehead atoms. The fourth-order valence-corrected chi connectivity index (χ4v) is 1.69. The number of anilines is 1. The number of rotatable bonds is 5. The van der Waals surface area contributed by atoms with Crippen molar-refractivity contribution < 1.29 is 4.79 Å². The number of carbonyl (C=O) groups is 1. The number of Topliss-reactive ketones (excluding diaryl/α,β-unsaturated/α-hetero) is 1. The first-order chi connectivity index (χ1) is 6.58. The van der Waals surface area contributed by atoms with Crippen LogP contribution in [0.2, 0.25) is 0 Å². The van der Waals surface area contributed by atoms with E-state index < -0.39 is 0 Å². The van der Waals surface area contributed by atoms with Crippen molar-refractivity contribution in [2.75, 3.05) is 26.0 Å². The Balaban J connectivity index is 2.46. The molecule has 1 N–H and O–H groups in total. The quantitative estimate of drug-likeness (QED) is 0.798. The van der Waals surface area contributed by atoms with E-state index in [0.29, 0.717) is 6.54 Å². The fraction of sp³-hybridized carbons (Fsp3) is 0.556. The van der Waals surface area contributed by atoms with Gasteiger partial charge in [0, 0.05) is 11.9 Å². The van der Waals surface area contributed by atoms with Gasteiger partial charge < -0.3 is 10.2 Å². The molecule has 0 aliphatic heterocycles. The molecule has 0 radical (unpaired) electrons. The van der Waals surface area contributed by atoms with Crippen molar-refractivity contribution in [2.45, 2.75) is 13.5 Å². The largest absolute Gasteiger partial charge is 0.354 e. The van der Waals surface area contributed by atoms with Crippen LogP contribution in [0.5, 0.6) is 0 Å². The molecule has 14 heavy (non-hydrogen) atoms. The van der Waals surface area contributed by atoms with Crippen molar-refractivity contribution in [3.63, 3.8) is 0 Å². The lowest BCUT2D eigenvalue weighted by molar-refractivity contribution is -0.115. The number of ketones is 1. The highest BCUT2D eigenvalue weighted by Gasteiger charge is 2.02. The number of thiazole rings is 1. The van der Waals surface area contributed by atoms with Crippen molar-refractivity contribution in [1.82, 2.24) is 9.88 Å². The molecule has 1 heterocycles. The average molecular weight is 213 g/mol. The Kier molecular flexibility index (Phi) is 4.03. The van der Waals surface area contributed by atoms with E-state index in [1.165, 1.54) is 11.3 Å². The summed E-state index contributed by atoms with van der Waals surface area (Å²) in [6.07, 6.45) is 0. The maximum Gasteiger partial charge on any atom is 0.183 e. The van der Waals surface area contributed by atoms with Crippen LogP contribution in [-0.2, 0) is 11.3 Å². The molecule has 0 amide bonds. The van der Waals surface area contributed by atoms with E-state index in [1.54, 1.807) is 6.92 Å². The maximum absolute atomic E-state index is 10.7. The Bertz CT molecular complexity index is 309. The van der Waals surface area contributed by atoms with Gasteiger partial charge in [-0.2, -0.15) is 0 Å². The number of hydrogen-bond acceptors (Lipinski definition) is 5. The summed E-state index contributed by atoms with van der Waals surface area (Å²) >= 11 is 1.53. The summed E-state index contributed by atoms with van der Waals surface area (Å²) in [6, 6.07) is 0. The van der Waals surface area contributed by atoms with Gasteiger partial charge in [-0.05, 0) is 21.0 Å². The van der Waals surface area contributed by atoms with Gasteiger partial charge in [0.1, 0.15) is 5.78 Å². The summed E-state index contributed by atoms with van der Waals surface area (Å²) in [4.78, 5) is 17.1. The first kappa shape index (κ1) is 11.1. The normalized spacial score (nSPS) is 10.6. The molecule has 0 spiro atoms. The molecule has 1 aromatic rings. The molecule has 1 aromatic heterocycles. The summed E-state index contributed by atoms with van der Waals surface area (Å²) in [7, 11) is 4.00. The maximum atomic E-state index is 10.7. The van der Waals surface area contributed by atoms with Crippen LogP contribution in [0.4, 0.5) is 5.13 Å². The monoisotopic (exact) mass is 213 g/mol. The van der Waals surface area contributed by atoms with E-state index in [2.05, 4.69) is 15.2 Å². The summed E-state index contributed by atoms with van der Waals surface area (Å²) in [5.41, 5.74) is 1.03. The fourth-order valence-electron chi connectivity index (χ4n) is 0.985. The van der Waals surface area contributed by atoms with Crippen molar-refractivity contribution in [2.24, 2.45) is 0 Å². The van der Waals surface area contributed by atoms with Crippen LogP contribution in [-0.4, -0.2) is 36.3 Å². The van der Waals surface area contributed by atoms with Gasteiger partial charge in [-0.25, -0.2) is 4.98 Å². The van der Waals surface area contributed by atoms with Gasteiger partial charge in [-0.1, -0.05) is 0 Å². The number of aromatic nitrogens is 1. The summed E-state index contributed by atoms with van der Waals surface area (Å²) in [5, 5.41) is 5.80. The standard InChI is InChI=1S/C9H15N3OS/c1-7(13)4-10-9-11-8(6-14-9)5-12(2)3/h6H,4-5H2,1-3H3,(H,10,11). The van der Waals surface area contributed by atoms with Crippen LogP contribution in [0.3, 0.4) is 0 Å². The van der Waals surface area contributed by atoms with E-state index in [4.69, 9.17) is 0 Å². The Hall–Kier alpha value is -0.940. The average Bonchev–Trinajstić information content (AvgIpc) is 2.47. The third-order valence-corrected chi connectivity index (χ3v) is 2.37. The molecule has 78 valence electrons. The predicted molar refractivity (Wildman–Crippen MR) is 58.7 cm³/mol. The van der Waals surface area contributed by atoms with Crippen molar-refractivity contribution in [3.8, 4) is 0 Å². The van der Waals surface area contributed by atoms with Gasteiger partial charge in [-0.15, -0.1) is 11.3 Å². The number of nitrogens with one attached hydrogen (secondary N) is 1. The second-order valence-electron chi connectivity index (χ2n) is 3.44. The summed E-state index contributed by atoms with van der Waals surface area (Å²) < 4.78 is 0. The molecule has 0 saturated carbocycles. The van der Waals surface area contributed by atoms with Gasteiger partial charge >= 0.3 is 0 Å². The molecular weight excluding hydrogens is 198 g/mol. The highest BCUT2D eigenvalue weighted by molar-refractivity contribution is 7.13. The SMILES string of the molecule is CC(=O)CNc1nc(CN(C)C)cs1. The molecule has 4 nitrogen and oxygen atoms in total. The third-order valence-electron chi connectivity index (χ3n) is 1.52. The minimum atomic E-state index is 0.120. The zero-order valence-corrected chi connectivity index (χ0v) is 9.52. The van der Waals surface area contributed by atoms with Gasteiger partial charge in [-0.3, -0.25) is 4.79 Å². The van der Waals surface area contributed by atoms with Gasteiger partial charge in [0.25, 0.3) is 0 Å². The summed E-state index contributed by atoms with van der Waals surface area (Å²) in [6.45, 7) is 2.74. The molecule has 0 aromatic carbocycles. The molecule has 1 rings (SSSR count). The number of carbonyl (C=O) groups excluding carboxylic acids is 1. The van der Waals surface area contributed by atoms with Gasteiger partial charge in [0.2, 0.25) is 0 Å². The zero-order chi connectivity index (χ0) is 10.6. The highest BCUT2D eigenvalue weighted by atomic mass is 32.1. The second-order valence-corrected chi connectivity index (χ2v) is 4.30. The lowest BCUT2D eigenvalue weighted by Gasteiger charge is -2.05. The minimum Gasteiger partial charge on any atom is -0.354 e. The molecule has 0 fully saturated rings. The van der Waals surface area contributed by atoms with Crippen molar-refractivity contribution >= 4 is 22.3 Å². The number of nitrogens with zero attached hydrogens (tertiary/aromatic N) is 2. The van der Waals surface area contributed by atoms with E-state index in [1.807, 2.05) is 19.5 Å².